The van der Waals surface area contributed by atoms with Gasteiger partial charge in [0, 0.05) is 63.9 Å². The van der Waals surface area contributed by atoms with Gasteiger partial charge in [0.25, 0.3) is 0 Å². The number of ether oxygens (including phenoxy) is 1. The second-order valence-corrected chi connectivity index (χ2v) is 16.8. The topological polar surface area (TPSA) is 46.9 Å². The molecule has 0 atom stereocenters. The first-order valence-corrected chi connectivity index (χ1v) is 15.3. The molecule has 3 rings (SSSR count). The Bertz CT molecular complexity index is 993. The van der Waals surface area contributed by atoms with Crippen LogP contribution in [0, 0.1) is 6.92 Å². The van der Waals surface area contributed by atoms with E-state index in [1.54, 1.807) is 0 Å². The van der Waals surface area contributed by atoms with Crippen LogP contribution in [0.1, 0.15) is 52.8 Å². The minimum Gasteiger partial charge on any atom is -0.443 e. The van der Waals surface area contributed by atoms with Crippen molar-refractivity contribution < 1.29 is 14.0 Å². The highest BCUT2D eigenvalue weighted by atomic mass is 28.4. The van der Waals surface area contributed by atoms with Gasteiger partial charge >= 0.3 is 6.09 Å². The lowest BCUT2D eigenvalue weighted by Gasteiger charge is -2.38. The van der Waals surface area contributed by atoms with Crippen LogP contribution in [0.4, 0.5) is 4.79 Å². The Labute approximate surface area is 207 Å². The van der Waals surface area contributed by atoms with Crippen LogP contribution in [0.5, 0.6) is 0 Å². The molecule has 1 aliphatic heterocycles. The van der Waals surface area contributed by atoms with Crippen molar-refractivity contribution in [2.45, 2.75) is 71.8 Å². The Hall–Kier alpha value is -1.67. The molecule has 0 bridgehead atoms. The zero-order valence-corrected chi connectivity index (χ0v) is 23.4. The molecule has 1 aromatic carbocycles. The lowest BCUT2D eigenvalue weighted by molar-refractivity contribution is 0.0543. The third-order valence-electron chi connectivity index (χ3n) is 7.02. The predicted octanol–water partition coefficient (Wildman–Crippen LogP) is 5.62. The predicted molar refractivity (Wildman–Crippen MR) is 142 cm³/mol. The highest BCUT2D eigenvalue weighted by Crippen LogP contribution is 2.36. The first kappa shape index (κ1) is 26.9. The Kier molecular flexibility index (Phi) is 8.02. The van der Waals surface area contributed by atoms with Gasteiger partial charge in [-0.1, -0.05) is 26.8 Å². The number of benzene rings is 1. The van der Waals surface area contributed by atoms with Crippen molar-refractivity contribution >= 4 is 25.3 Å². The van der Waals surface area contributed by atoms with Gasteiger partial charge in [0.2, 0.25) is 0 Å². The average Bonchev–Trinajstić information content (AvgIpc) is 3.02. The maximum absolute atomic E-state index is 12.6. The Morgan fingerprint density at radius 1 is 1.00 bits per heavy atom. The fourth-order valence-electron chi connectivity index (χ4n) is 3.97. The molecule has 2 radical (unpaired) electrons. The number of carbonyl (C=O) groups is 1. The Balaban J connectivity index is 1.54. The second-order valence-electron chi connectivity index (χ2n) is 12.0. The molecule has 1 saturated heterocycles. The van der Waals surface area contributed by atoms with Crippen LogP contribution >= 0.6 is 0 Å². The van der Waals surface area contributed by atoms with Crippen molar-refractivity contribution in [2.75, 3.05) is 39.3 Å². The van der Waals surface area contributed by atoms with Gasteiger partial charge in [-0.05, 0) is 62.7 Å². The summed E-state index contributed by atoms with van der Waals surface area (Å²) in [6.07, 6.45) is -0.443. The van der Waals surface area contributed by atoms with Gasteiger partial charge in [-0.25, -0.2) is 9.36 Å². The summed E-state index contributed by atoms with van der Waals surface area (Å²) in [6.45, 7) is 30.1. The van der Waals surface area contributed by atoms with E-state index in [0.29, 0.717) is 5.69 Å². The summed E-state index contributed by atoms with van der Waals surface area (Å²) < 4.78 is 13.3. The standard InChI is InChI=1S/C27H43N3O3Si/c1-21-18-23-19-22(10-11-24(23)30(21)25(31)33-26(2,3)4)20-29-14-12-28(13-15-29)16-17-32-34(8,9)27(5,6)7/h1,10-11,18-19H,12-17,20H2,2-9H3. The molecule has 34 heavy (non-hydrogen) atoms. The first-order chi connectivity index (χ1) is 15.7. The van der Waals surface area contributed by atoms with Gasteiger partial charge in [-0.15, -0.1) is 0 Å². The van der Waals surface area contributed by atoms with Crippen LogP contribution in [-0.4, -0.2) is 73.7 Å². The van der Waals surface area contributed by atoms with Gasteiger partial charge in [0.1, 0.15) is 5.60 Å². The molecule has 0 N–H and O–H groups in total. The van der Waals surface area contributed by atoms with Crippen LogP contribution in [0.3, 0.4) is 0 Å². The number of rotatable bonds is 6. The largest absolute Gasteiger partial charge is 0.443 e. The van der Waals surface area contributed by atoms with Crippen molar-refractivity contribution in [3.05, 3.63) is 42.4 Å². The zero-order valence-electron chi connectivity index (χ0n) is 22.4. The Morgan fingerprint density at radius 2 is 1.62 bits per heavy atom. The number of piperazine rings is 1. The number of fused-ring (bicyclic) bond motifs is 1. The molecule has 2 aromatic rings. The lowest BCUT2D eigenvalue weighted by Crippen LogP contribution is -2.48. The van der Waals surface area contributed by atoms with Gasteiger partial charge in [0.05, 0.1) is 5.52 Å². The molecular formula is C27H43N3O3Si. The summed E-state index contributed by atoms with van der Waals surface area (Å²) in [7, 11) is -1.67. The summed E-state index contributed by atoms with van der Waals surface area (Å²) in [5.74, 6) is 0. The summed E-state index contributed by atoms with van der Waals surface area (Å²) in [5, 5.41) is 1.22. The molecule has 1 aromatic heterocycles. The quantitative estimate of drug-likeness (QED) is 0.497. The van der Waals surface area contributed by atoms with Gasteiger partial charge < -0.3 is 9.16 Å². The van der Waals surface area contributed by atoms with Crippen molar-refractivity contribution in [1.82, 2.24) is 14.4 Å². The van der Waals surface area contributed by atoms with Crippen LogP contribution in [0.25, 0.3) is 10.9 Å². The number of carbonyl (C=O) groups excluding carboxylic acids is 1. The summed E-state index contributed by atoms with van der Waals surface area (Å²) in [4.78, 5) is 17.6. The molecule has 0 saturated carbocycles. The molecule has 1 fully saturated rings. The van der Waals surface area contributed by atoms with E-state index in [9.17, 15) is 4.79 Å². The molecule has 1 aliphatic rings. The molecule has 0 unspecified atom stereocenters. The van der Waals surface area contributed by atoms with E-state index in [1.807, 2.05) is 32.9 Å². The highest BCUT2D eigenvalue weighted by Gasteiger charge is 2.37. The van der Waals surface area contributed by atoms with E-state index in [-0.39, 0.29) is 5.04 Å². The van der Waals surface area contributed by atoms with E-state index in [4.69, 9.17) is 16.1 Å². The van der Waals surface area contributed by atoms with Gasteiger partial charge in [-0.2, -0.15) is 0 Å². The summed E-state index contributed by atoms with van der Waals surface area (Å²) in [6, 6.07) is 8.04. The second kappa shape index (κ2) is 10.1. The molecule has 0 aliphatic carbocycles. The first-order valence-electron chi connectivity index (χ1n) is 12.4. The van der Waals surface area contributed by atoms with E-state index in [0.717, 1.165) is 56.8 Å². The maximum atomic E-state index is 12.6. The van der Waals surface area contributed by atoms with Crippen LogP contribution < -0.4 is 0 Å². The van der Waals surface area contributed by atoms with E-state index >= 15 is 0 Å². The highest BCUT2D eigenvalue weighted by molar-refractivity contribution is 6.74. The van der Waals surface area contributed by atoms with E-state index < -0.39 is 20.0 Å². The van der Waals surface area contributed by atoms with Crippen molar-refractivity contribution in [3.8, 4) is 0 Å². The van der Waals surface area contributed by atoms with Crippen molar-refractivity contribution in [3.63, 3.8) is 0 Å². The zero-order chi connectivity index (χ0) is 25.3. The van der Waals surface area contributed by atoms with E-state index in [2.05, 4.69) is 55.8 Å². The Morgan fingerprint density at radius 3 is 2.21 bits per heavy atom. The van der Waals surface area contributed by atoms with Crippen molar-refractivity contribution in [2.24, 2.45) is 0 Å². The van der Waals surface area contributed by atoms with Gasteiger partial charge in [0.15, 0.2) is 8.32 Å². The maximum Gasteiger partial charge on any atom is 0.419 e. The van der Waals surface area contributed by atoms with Gasteiger partial charge in [-0.3, -0.25) is 9.80 Å². The number of aromatic nitrogens is 1. The molecule has 7 heteroatoms. The number of hydrogen-bond donors (Lipinski definition) is 0. The third kappa shape index (κ3) is 6.71. The number of hydrogen-bond acceptors (Lipinski definition) is 5. The lowest BCUT2D eigenvalue weighted by atomic mass is 10.1. The minimum absolute atomic E-state index is 0.255. The van der Waals surface area contributed by atoms with Crippen LogP contribution in [-0.2, 0) is 15.7 Å². The molecular weight excluding hydrogens is 442 g/mol. The van der Waals surface area contributed by atoms with E-state index in [1.165, 1.54) is 10.1 Å². The smallest absolute Gasteiger partial charge is 0.419 e. The summed E-state index contributed by atoms with van der Waals surface area (Å²) in [5.41, 5.74) is 1.83. The van der Waals surface area contributed by atoms with Crippen LogP contribution in [0.2, 0.25) is 18.1 Å². The number of nitrogens with zero attached hydrogens (tertiary/aromatic N) is 3. The normalized spacial score (nSPS) is 16.9. The fraction of sp³-hybridized carbons (Fsp3) is 0.630. The SMILES string of the molecule is [CH]c1cc2cc(CN3CCN(CCO[Si](C)(C)C(C)(C)C)CC3)ccc2n1C(=O)OC(C)(C)C. The summed E-state index contributed by atoms with van der Waals surface area (Å²) >= 11 is 0. The molecule has 2 heterocycles. The molecule has 0 spiro atoms. The fourth-order valence-corrected chi connectivity index (χ4v) is 5.01. The molecule has 0 amide bonds. The third-order valence-corrected chi connectivity index (χ3v) is 11.6. The van der Waals surface area contributed by atoms with Crippen molar-refractivity contribution in [1.29, 1.82) is 0 Å². The molecule has 188 valence electrons. The molecule has 6 nitrogen and oxygen atoms in total. The van der Waals surface area contributed by atoms with Crippen LogP contribution in [0.15, 0.2) is 24.3 Å². The minimum atomic E-state index is -1.67. The monoisotopic (exact) mass is 485 g/mol. The average molecular weight is 486 g/mol.